The summed E-state index contributed by atoms with van der Waals surface area (Å²) in [5.41, 5.74) is 0. The molecule has 1 aromatic heterocycles. The molecular formula is C19H33IN4S. The van der Waals surface area contributed by atoms with E-state index >= 15 is 0 Å². The summed E-state index contributed by atoms with van der Waals surface area (Å²) in [6.07, 6.45) is 7.84. The topological polar surface area (TPSA) is 39.7 Å². The van der Waals surface area contributed by atoms with Crippen LogP contribution in [0.15, 0.2) is 22.5 Å². The van der Waals surface area contributed by atoms with Crippen molar-refractivity contribution in [1.82, 2.24) is 15.5 Å². The molecule has 3 rings (SSSR count). The molecule has 0 amide bonds. The zero-order valence-electron chi connectivity index (χ0n) is 15.5. The van der Waals surface area contributed by atoms with Crippen LogP contribution in [0.4, 0.5) is 0 Å². The van der Waals surface area contributed by atoms with Gasteiger partial charge in [-0.1, -0.05) is 18.9 Å². The Morgan fingerprint density at radius 3 is 2.76 bits per heavy atom. The Hall–Kier alpha value is -0.340. The van der Waals surface area contributed by atoms with Crippen LogP contribution in [0, 0.1) is 5.92 Å². The van der Waals surface area contributed by atoms with Gasteiger partial charge in [-0.15, -0.1) is 35.3 Å². The van der Waals surface area contributed by atoms with Crippen molar-refractivity contribution in [2.75, 3.05) is 26.7 Å². The molecule has 1 aromatic rings. The van der Waals surface area contributed by atoms with Crippen molar-refractivity contribution in [3.8, 4) is 0 Å². The van der Waals surface area contributed by atoms with Gasteiger partial charge < -0.3 is 10.6 Å². The Morgan fingerprint density at radius 1 is 1.28 bits per heavy atom. The van der Waals surface area contributed by atoms with Gasteiger partial charge in [0.05, 0.1) is 0 Å². The second kappa shape index (κ2) is 10.7. The first-order chi connectivity index (χ1) is 11.8. The first-order valence-corrected chi connectivity index (χ1v) is 10.4. The third-order valence-corrected chi connectivity index (χ3v) is 6.31. The van der Waals surface area contributed by atoms with Crippen LogP contribution in [0.25, 0.3) is 0 Å². The highest BCUT2D eigenvalue weighted by Gasteiger charge is 2.31. The lowest BCUT2D eigenvalue weighted by Gasteiger charge is -2.38. The van der Waals surface area contributed by atoms with E-state index in [4.69, 9.17) is 4.99 Å². The molecule has 4 nitrogen and oxygen atoms in total. The van der Waals surface area contributed by atoms with Gasteiger partial charge in [0, 0.05) is 30.1 Å². The molecule has 2 aliphatic rings. The maximum absolute atomic E-state index is 4.97. The highest BCUT2D eigenvalue weighted by Crippen LogP contribution is 2.37. The summed E-state index contributed by atoms with van der Waals surface area (Å²) in [7, 11) is 2.27. The third-order valence-electron chi connectivity index (χ3n) is 5.37. The molecule has 0 aromatic carbocycles. The van der Waals surface area contributed by atoms with E-state index in [0.717, 1.165) is 19.0 Å². The molecule has 1 aliphatic heterocycles. The van der Waals surface area contributed by atoms with Crippen molar-refractivity contribution >= 4 is 41.3 Å². The zero-order chi connectivity index (χ0) is 16.8. The van der Waals surface area contributed by atoms with Crippen molar-refractivity contribution in [3.63, 3.8) is 0 Å². The summed E-state index contributed by atoms with van der Waals surface area (Å²) < 4.78 is 0. The number of nitrogens with one attached hydrogen (secondary N) is 2. The van der Waals surface area contributed by atoms with E-state index in [1.54, 1.807) is 0 Å². The maximum Gasteiger partial charge on any atom is 0.191 e. The summed E-state index contributed by atoms with van der Waals surface area (Å²) in [5.74, 6) is 1.63. The van der Waals surface area contributed by atoms with Gasteiger partial charge in [-0.25, -0.2) is 0 Å². The summed E-state index contributed by atoms with van der Waals surface area (Å²) in [6.45, 7) is 5.18. The quantitative estimate of drug-likeness (QED) is 0.379. The van der Waals surface area contributed by atoms with Crippen LogP contribution in [0.1, 0.15) is 56.4 Å². The highest BCUT2D eigenvalue weighted by molar-refractivity contribution is 14.0. The number of likely N-dealkylation sites (tertiary alicyclic amines) is 1. The van der Waals surface area contributed by atoms with E-state index in [9.17, 15) is 0 Å². The van der Waals surface area contributed by atoms with Gasteiger partial charge in [0.25, 0.3) is 0 Å². The molecule has 0 bridgehead atoms. The normalized spacial score (nSPS) is 25.6. The number of rotatable bonds is 5. The van der Waals surface area contributed by atoms with E-state index in [0.29, 0.717) is 18.0 Å². The van der Waals surface area contributed by atoms with Crippen molar-refractivity contribution < 1.29 is 0 Å². The molecule has 0 radical (unpaired) electrons. The lowest BCUT2D eigenvalue weighted by molar-refractivity contribution is 0.128. The molecule has 2 N–H and O–H groups in total. The number of piperidine rings is 1. The number of aliphatic imine (C=N–C) groups is 1. The minimum Gasteiger partial charge on any atom is -0.357 e. The maximum atomic E-state index is 4.97. The lowest BCUT2D eigenvalue weighted by Crippen LogP contribution is -2.43. The smallest absolute Gasteiger partial charge is 0.191 e. The number of guanidine groups is 1. The number of hydrogen-bond acceptors (Lipinski definition) is 3. The lowest BCUT2D eigenvalue weighted by atomic mass is 9.88. The van der Waals surface area contributed by atoms with Gasteiger partial charge in [0.15, 0.2) is 5.96 Å². The van der Waals surface area contributed by atoms with Crippen LogP contribution >= 0.6 is 35.3 Å². The van der Waals surface area contributed by atoms with Gasteiger partial charge in [-0.2, -0.15) is 0 Å². The Kier molecular flexibility index (Phi) is 8.99. The molecule has 1 aliphatic carbocycles. The van der Waals surface area contributed by atoms with Gasteiger partial charge in [-0.05, 0) is 63.6 Å². The molecule has 2 unspecified atom stereocenters. The Labute approximate surface area is 173 Å². The standard InChI is InChI=1S/C19H32N4S.HI/c1-3-20-19(22-16-9-4-5-10-16)21-14-15-8-6-12-23(2)18(15)17-11-7-13-24-17;/h7,11,13,15-16,18H,3-6,8-10,12,14H2,1-2H3,(H2,20,21,22);1H. The van der Waals surface area contributed by atoms with Crippen molar-refractivity contribution in [1.29, 1.82) is 0 Å². The Bertz CT molecular complexity index is 514. The zero-order valence-corrected chi connectivity index (χ0v) is 18.7. The van der Waals surface area contributed by atoms with E-state index in [1.165, 1.54) is 49.9 Å². The summed E-state index contributed by atoms with van der Waals surface area (Å²) in [6, 6.07) is 5.60. The predicted molar refractivity (Wildman–Crippen MR) is 119 cm³/mol. The fourth-order valence-electron chi connectivity index (χ4n) is 4.15. The van der Waals surface area contributed by atoms with Gasteiger partial charge >= 0.3 is 0 Å². The monoisotopic (exact) mass is 476 g/mol. The van der Waals surface area contributed by atoms with Crippen LogP contribution in [-0.4, -0.2) is 43.6 Å². The van der Waals surface area contributed by atoms with E-state index in [-0.39, 0.29) is 24.0 Å². The minimum atomic E-state index is 0. The largest absolute Gasteiger partial charge is 0.357 e. The average Bonchev–Trinajstić information content (AvgIpc) is 3.26. The summed E-state index contributed by atoms with van der Waals surface area (Å²) in [4.78, 5) is 8.98. The summed E-state index contributed by atoms with van der Waals surface area (Å²) >= 11 is 1.89. The van der Waals surface area contributed by atoms with Crippen LogP contribution in [0.3, 0.4) is 0 Å². The first-order valence-electron chi connectivity index (χ1n) is 9.56. The first kappa shape index (κ1) is 21.0. The third kappa shape index (κ3) is 5.82. The minimum absolute atomic E-state index is 0. The molecule has 2 atom stereocenters. The van der Waals surface area contributed by atoms with Crippen molar-refractivity contribution in [2.24, 2.45) is 10.9 Å². The number of nitrogens with zero attached hydrogens (tertiary/aromatic N) is 2. The van der Waals surface area contributed by atoms with Crippen LogP contribution in [0.5, 0.6) is 0 Å². The Morgan fingerprint density at radius 2 is 2.08 bits per heavy atom. The van der Waals surface area contributed by atoms with Crippen LogP contribution < -0.4 is 10.6 Å². The molecule has 1 saturated carbocycles. The number of hydrogen-bond donors (Lipinski definition) is 2. The molecule has 0 spiro atoms. The molecule has 6 heteroatoms. The Balaban J connectivity index is 0.00000225. The highest BCUT2D eigenvalue weighted by atomic mass is 127. The van der Waals surface area contributed by atoms with Gasteiger partial charge in [0.1, 0.15) is 0 Å². The van der Waals surface area contributed by atoms with Crippen molar-refractivity contribution in [2.45, 2.75) is 57.5 Å². The SMILES string of the molecule is CCNC(=NCC1CCCN(C)C1c1cccs1)NC1CCCC1.I. The molecule has 2 heterocycles. The average molecular weight is 476 g/mol. The second-order valence-electron chi connectivity index (χ2n) is 7.19. The van der Waals surface area contributed by atoms with Crippen molar-refractivity contribution in [3.05, 3.63) is 22.4 Å². The van der Waals surface area contributed by atoms with E-state index in [1.807, 2.05) is 11.3 Å². The second-order valence-corrected chi connectivity index (χ2v) is 8.17. The summed E-state index contributed by atoms with van der Waals surface area (Å²) in [5, 5.41) is 9.28. The van der Waals surface area contributed by atoms with E-state index in [2.05, 4.69) is 47.0 Å². The van der Waals surface area contributed by atoms with E-state index < -0.39 is 0 Å². The molecule has 2 fully saturated rings. The number of thiophene rings is 1. The molecular weight excluding hydrogens is 443 g/mol. The van der Waals surface area contributed by atoms with Crippen LogP contribution in [0.2, 0.25) is 0 Å². The van der Waals surface area contributed by atoms with Crippen LogP contribution in [-0.2, 0) is 0 Å². The number of halogens is 1. The molecule has 1 saturated heterocycles. The molecule has 25 heavy (non-hydrogen) atoms. The van der Waals surface area contributed by atoms with Gasteiger partial charge in [0.2, 0.25) is 0 Å². The predicted octanol–water partition coefficient (Wildman–Crippen LogP) is 4.25. The fourth-order valence-corrected chi connectivity index (χ4v) is 5.14. The fraction of sp³-hybridized carbons (Fsp3) is 0.737. The van der Waals surface area contributed by atoms with Gasteiger partial charge in [-0.3, -0.25) is 9.89 Å². The molecule has 142 valence electrons.